The summed E-state index contributed by atoms with van der Waals surface area (Å²) in [5.74, 6) is -0.164. The molecule has 0 radical (unpaired) electrons. The molecule has 3 aromatic rings. The van der Waals surface area contributed by atoms with Gasteiger partial charge >= 0.3 is 5.91 Å². The number of halogens is 3. The van der Waals surface area contributed by atoms with Gasteiger partial charge in [0.25, 0.3) is 0 Å². The first kappa shape index (κ1) is 17.7. The van der Waals surface area contributed by atoms with Gasteiger partial charge in [0, 0.05) is 19.0 Å². The van der Waals surface area contributed by atoms with Crippen molar-refractivity contribution in [1.29, 1.82) is 0 Å². The van der Waals surface area contributed by atoms with Crippen LogP contribution in [0.25, 0.3) is 11.0 Å². The quantitative estimate of drug-likeness (QED) is 0.252. The van der Waals surface area contributed by atoms with E-state index in [1.165, 1.54) is 6.21 Å². The van der Waals surface area contributed by atoms with Crippen LogP contribution in [0.15, 0.2) is 50.4 Å². The first-order valence-electron chi connectivity index (χ1n) is 6.64. The fourth-order valence-corrected chi connectivity index (χ4v) is 4.29. The van der Waals surface area contributed by atoms with Crippen LogP contribution < -0.4 is 5.43 Å². The molecule has 5 nitrogen and oxygen atoms in total. The summed E-state index contributed by atoms with van der Waals surface area (Å²) in [5.41, 5.74) is 3.55. The Hall–Kier alpha value is -1.14. The molecular weight excluding hydrogens is 602 g/mol. The lowest BCUT2D eigenvalue weighted by Crippen LogP contribution is -2.16. The SMILES string of the molecule is O=C(N/N=C/c1cc(I)cc(I)c1O)c1cc2cc(Br)ccc2o1. The topological polar surface area (TPSA) is 74.8 Å². The minimum atomic E-state index is -0.460. The van der Waals surface area contributed by atoms with E-state index in [1.807, 2.05) is 40.8 Å². The van der Waals surface area contributed by atoms with E-state index in [0.717, 1.165) is 17.0 Å². The highest BCUT2D eigenvalue weighted by Gasteiger charge is 2.12. The zero-order chi connectivity index (χ0) is 17.3. The number of hydrogen-bond acceptors (Lipinski definition) is 4. The highest BCUT2D eigenvalue weighted by molar-refractivity contribution is 14.1. The number of amides is 1. The van der Waals surface area contributed by atoms with E-state index in [-0.39, 0.29) is 11.5 Å². The molecule has 0 spiro atoms. The van der Waals surface area contributed by atoms with E-state index in [0.29, 0.717) is 11.1 Å². The van der Waals surface area contributed by atoms with Crippen molar-refractivity contribution in [2.75, 3.05) is 0 Å². The van der Waals surface area contributed by atoms with Gasteiger partial charge in [0.2, 0.25) is 0 Å². The van der Waals surface area contributed by atoms with Gasteiger partial charge in [-0.25, -0.2) is 5.43 Å². The number of aromatic hydroxyl groups is 1. The maximum Gasteiger partial charge on any atom is 0.307 e. The Bertz CT molecular complexity index is 969. The number of carbonyl (C=O) groups is 1. The van der Waals surface area contributed by atoms with Crippen LogP contribution in [0.4, 0.5) is 0 Å². The number of nitrogens with one attached hydrogen (secondary N) is 1. The van der Waals surface area contributed by atoms with Gasteiger partial charge in [-0.15, -0.1) is 0 Å². The van der Waals surface area contributed by atoms with Gasteiger partial charge in [-0.1, -0.05) is 15.9 Å². The molecule has 2 N–H and O–H groups in total. The monoisotopic (exact) mass is 610 g/mol. The molecule has 0 bridgehead atoms. The average Bonchev–Trinajstić information content (AvgIpc) is 2.95. The molecule has 0 atom stereocenters. The van der Waals surface area contributed by atoms with Crippen molar-refractivity contribution < 1.29 is 14.3 Å². The number of nitrogens with zero attached hydrogens (tertiary/aromatic N) is 1. The molecule has 0 aliphatic carbocycles. The van der Waals surface area contributed by atoms with Crippen molar-refractivity contribution >= 4 is 84.2 Å². The summed E-state index contributed by atoms with van der Waals surface area (Å²) in [6.07, 6.45) is 1.40. The Morgan fingerprint density at radius 3 is 2.83 bits per heavy atom. The van der Waals surface area contributed by atoms with Gasteiger partial charge in [-0.2, -0.15) is 5.10 Å². The third-order valence-electron chi connectivity index (χ3n) is 3.13. The summed E-state index contributed by atoms with van der Waals surface area (Å²) >= 11 is 7.56. The number of hydrazone groups is 1. The minimum Gasteiger partial charge on any atom is -0.506 e. The molecular formula is C16H9BrI2N2O3. The Labute approximate surface area is 172 Å². The lowest BCUT2D eigenvalue weighted by Gasteiger charge is -2.02. The van der Waals surface area contributed by atoms with Crippen molar-refractivity contribution in [3.8, 4) is 5.75 Å². The molecule has 0 unspecified atom stereocenters. The predicted molar refractivity (Wildman–Crippen MR) is 113 cm³/mol. The predicted octanol–water partition coefficient (Wildman–Crippen LogP) is 4.87. The average molecular weight is 611 g/mol. The van der Waals surface area contributed by atoms with Crippen LogP contribution in [0.5, 0.6) is 5.75 Å². The smallest absolute Gasteiger partial charge is 0.307 e. The Morgan fingerprint density at radius 2 is 2.04 bits per heavy atom. The normalized spacial score (nSPS) is 11.3. The lowest BCUT2D eigenvalue weighted by atomic mass is 10.2. The van der Waals surface area contributed by atoms with Gasteiger partial charge in [-0.05, 0) is 81.6 Å². The summed E-state index contributed by atoms with van der Waals surface area (Å²) < 4.78 is 8.08. The summed E-state index contributed by atoms with van der Waals surface area (Å²) in [6.45, 7) is 0. The highest BCUT2D eigenvalue weighted by atomic mass is 127. The van der Waals surface area contributed by atoms with Crippen LogP contribution in [-0.4, -0.2) is 17.2 Å². The number of hydrogen-bond donors (Lipinski definition) is 2. The number of carbonyl (C=O) groups excluding carboxylic acids is 1. The van der Waals surface area contributed by atoms with Crippen LogP contribution in [-0.2, 0) is 0 Å². The van der Waals surface area contributed by atoms with Crippen molar-refractivity contribution in [2.24, 2.45) is 5.10 Å². The molecule has 0 aliphatic rings. The maximum atomic E-state index is 12.1. The molecule has 0 fully saturated rings. The molecule has 1 amide bonds. The number of fused-ring (bicyclic) bond motifs is 1. The van der Waals surface area contributed by atoms with Crippen LogP contribution in [0.2, 0.25) is 0 Å². The van der Waals surface area contributed by atoms with E-state index in [4.69, 9.17) is 4.42 Å². The molecule has 24 heavy (non-hydrogen) atoms. The largest absolute Gasteiger partial charge is 0.506 e. The van der Waals surface area contributed by atoms with E-state index >= 15 is 0 Å². The summed E-state index contributed by atoms with van der Waals surface area (Å²) in [6, 6.07) is 10.8. The molecule has 0 saturated carbocycles. The van der Waals surface area contributed by atoms with Crippen molar-refractivity contribution in [3.63, 3.8) is 0 Å². The Morgan fingerprint density at radius 1 is 1.25 bits per heavy atom. The van der Waals surface area contributed by atoms with Crippen molar-refractivity contribution in [3.05, 3.63) is 59.3 Å². The van der Waals surface area contributed by atoms with E-state index in [9.17, 15) is 9.90 Å². The maximum absolute atomic E-state index is 12.1. The van der Waals surface area contributed by atoms with Gasteiger partial charge < -0.3 is 9.52 Å². The third kappa shape index (κ3) is 3.91. The van der Waals surface area contributed by atoms with Crippen LogP contribution in [0, 0.1) is 7.14 Å². The number of furan rings is 1. The minimum absolute atomic E-state index is 0.127. The molecule has 122 valence electrons. The van der Waals surface area contributed by atoms with Crippen LogP contribution in [0.3, 0.4) is 0 Å². The fraction of sp³-hybridized carbons (Fsp3) is 0. The van der Waals surface area contributed by atoms with Gasteiger partial charge in [0.15, 0.2) is 5.76 Å². The molecule has 8 heteroatoms. The number of phenols is 1. The molecule has 1 heterocycles. The second-order valence-electron chi connectivity index (χ2n) is 4.82. The Balaban J connectivity index is 1.77. The highest BCUT2D eigenvalue weighted by Crippen LogP contribution is 2.26. The zero-order valence-corrected chi connectivity index (χ0v) is 17.8. The molecule has 3 rings (SSSR count). The third-order valence-corrected chi connectivity index (χ3v) is 5.07. The Kier molecular flexibility index (Phi) is 5.45. The first-order chi connectivity index (χ1) is 11.4. The van der Waals surface area contributed by atoms with Gasteiger partial charge in [-0.3, -0.25) is 4.79 Å². The fourth-order valence-electron chi connectivity index (χ4n) is 2.03. The summed E-state index contributed by atoms with van der Waals surface area (Å²) in [7, 11) is 0. The number of benzene rings is 2. The molecule has 0 aliphatic heterocycles. The van der Waals surface area contributed by atoms with Crippen LogP contribution in [0.1, 0.15) is 16.1 Å². The first-order valence-corrected chi connectivity index (χ1v) is 9.59. The molecule has 0 saturated heterocycles. The zero-order valence-electron chi connectivity index (χ0n) is 11.9. The molecule has 2 aromatic carbocycles. The van der Waals surface area contributed by atoms with E-state index in [1.54, 1.807) is 18.2 Å². The van der Waals surface area contributed by atoms with Crippen molar-refractivity contribution in [2.45, 2.75) is 0 Å². The second-order valence-corrected chi connectivity index (χ2v) is 8.14. The second kappa shape index (κ2) is 7.40. The van der Waals surface area contributed by atoms with Crippen molar-refractivity contribution in [1.82, 2.24) is 5.43 Å². The lowest BCUT2D eigenvalue weighted by molar-refractivity contribution is 0.0929. The number of rotatable bonds is 3. The summed E-state index contributed by atoms with van der Waals surface area (Å²) in [5, 5.41) is 14.7. The molecule has 1 aromatic heterocycles. The van der Waals surface area contributed by atoms with Crippen LogP contribution >= 0.6 is 61.1 Å². The van der Waals surface area contributed by atoms with E-state index < -0.39 is 5.91 Å². The van der Waals surface area contributed by atoms with Gasteiger partial charge in [0.05, 0.1) is 9.78 Å². The summed E-state index contributed by atoms with van der Waals surface area (Å²) in [4.78, 5) is 12.1. The standard InChI is InChI=1S/C16H9BrI2N2O3/c17-10-1-2-13-8(3-10)5-14(24-13)16(23)21-20-7-9-4-11(18)6-12(19)15(9)22/h1-7,22H,(H,21,23)/b20-7+. The van der Waals surface area contributed by atoms with E-state index in [2.05, 4.69) is 49.0 Å². The number of phenolic OH excluding ortho intramolecular Hbond substituents is 1. The van der Waals surface area contributed by atoms with Gasteiger partial charge in [0.1, 0.15) is 11.3 Å².